The molecule has 1 aliphatic rings. The van der Waals surface area contributed by atoms with Gasteiger partial charge in [0.05, 0.1) is 10.0 Å². The van der Waals surface area contributed by atoms with Crippen molar-refractivity contribution in [3.63, 3.8) is 0 Å². The summed E-state index contributed by atoms with van der Waals surface area (Å²) in [5, 5.41) is 3.89. The molecular formula is C17H15Cl3F3NO2. The van der Waals surface area contributed by atoms with Crippen molar-refractivity contribution >= 4 is 35.6 Å². The van der Waals surface area contributed by atoms with E-state index < -0.39 is 12.5 Å². The quantitative estimate of drug-likeness (QED) is 0.667. The molecule has 0 aromatic heterocycles. The highest BCUT2D eigenvalue weighted by molar-refractivity contribution is 6.42. The van der Waals surface area contributed by atoms with Crippen LogP contribution in [0.2, 0.25) is 10.0 Å². The fourth-order valence-electron chi connectivity index (χ4n) is 2.54. The van der Waals surface area contributed by atoms with Gasteiger partial charge < -0.3 is 14.8 Å². The third kappa shape index (κ3) is 5.10. The summed E-state index contributed by atoms with van der Waals surface area (Å²) < 4.78 is 47.8. The van der Waals surface area contributed by atoms with Gasteiger partial charge in [0.2, 0.25) is 0 Å². The molecule has 0 bridgehead atoms. The smallest absolute Gasteiger partial charge is 0.481 e. The second kappa shape index (κ2) is 8.57. The molecule has 1 atom stereocenters. The van der Waals surface area contributed by atoms with Gasteiger partial charge in [-0.1, -0.05) is 41.4 Å². The Kier molecular flexibility index (Phi) is 6.91. The van der Waals surface area contributed by atoms with Crippen molar-refractivity contribution in [1.29, 1.82) is 0 Å². The van der Waals surface area contributed by atoms with Crippen LogP contribution in [0.5, 0.6) is 11.5 Å². The van der Waals surface area contributed by atoms with Crippen molar-refractivity contribution in [2.75, 3.05) is 13.1 Å². The first-order chi connectivity index (χ1) is 11.8. The summed E-state index contributed by atoms with van der Waals surface area (Å²) >= 11 is 12.0. The number of nitrogens with one attached hydrogen (secondary N) is 1. The molecule has 2 aromatic carbocycles. The lowest BCUT2D eigenvalue weighted by Gasteiger charge is -2.35. The molecule has 0 amide bonds. The molecule has 9 heteroatoms. The van der Waals surface area contributed by atoms with Crippen LogP contribution in [0, 0.1) is 5.92 Å². The van der Waals surface area contributed by atoms with Gasteiger partial charge in [0.15, 0.2) is 11.5 Å². The van der Waals surface area contributed by atoms with E-state index in [1.165, 1.54) is 18.2 Å². The van der Waals surface area contributed by atoms with Gasteiger partial charge in [-0.2, -0.15) is 0 Å². The lowest BCUT2D eigenvalue weighted by molar-refractivity contribution is -0.275. The molecule has 142 valence electrons. The van der Waals surface area contributed by atoms with E-state index >= 15 is 0 Å². The third-order valence-corrected chi connectivity index (χ3v) is 4.58. The zero-order valence-electron chi connectivity index (χ0n) is 13.2. The maximum absolute atomic E-state index is 12.6. The van der Waals surface area contributed by atoms with E-state index in [-0.39, 0.29) is 29.8 Å². The van der Waals surface area contributed by atoms with Crippen LogP contribution in [0.15, 0.2) is 42.5 Å². The van der Waals surface area contributed by atoms with Crippen molar-refractivity contribution in [2.45, 2.75) is 12.5 Å². The second-order valence-corrected chi connectivity index (χ2v) is 6.44. The molecule has 1 fully saturated rings. The lowest BCUT2D eigenvalue weighted by atomic mass is 9.91. The number of rotatable bonds is 5. The first kappa shape index (κ1) is 21.0. The fourth-order valence-corrected chi connectivity index (χ4v) is 2.85. The van der Waals surface area contributed by atoms with Gasteiger partial charge in [0, 0.05) is 19.0 Å². The number of alkyl halides is 3. The van der Waals surface area contributed by atoms with Crippen LogP contribution in [0.25, 0.3) is 0 Å². The minimum absolute atomic E-state index is 0. The highest BCUT2D eigenvalue weighted by Gasteiger charge is 2.34. The zero-order chi connectivity index (χ0) is 18.0. The SMILES string of the molecule is Cl.FC(F)(F)Oc1ccccc1OC(c1ccc(Cl)c(Cl)c1)C1CNC1. The molecule has 1 heterocycles. The van der Waals surface area contributed by atoms with Gasteiger partial charge >= 0.3 is 6.36 Å². The number of hydrogen-bond donors (Lipinski definition) is 1. The monoisotopic (exact) mass is 427 g/mol. The van der Waals surface area contributed by atoms with Crippen LogP contribution in [0.1, 0.15) is 11.7 Å². The summed E-state index contributed by atoms with van der Waals surface area (Å²) in [6, 6.07) is 10.8. The Morgan fingerprint density at radius 2 is 1.65 bits per heavy atom. The Balaban J connectivity index is 0.00000243. The van der Waals surface area contributed by atoms with E-state index in [1.807, 2.05) is 0 Å². The zero-order valence-corrected chi connectivity index (χ0v) is 15.6. The van der Waals surface area contributed by atoms with Gasteiger partial charge in [-0.25, -0.2) is 0 Å². The van der Waals surface area contributed by atoms with E-state index in [0.717, 1.165) is 5.56 Å². The Morgan fingerprint density at radius 1 is 1.00 bits per heavy atom. The lowest BCUT2D eigenvalue weighted by Crippen LogP contribution is -2.46. The molecular weight excluding hydrogens is 414 g/mol. The molecule has 0 radical (unpaired) electrons. The van der Waals surface area contributed by atoms with Crippen molar-refractivity contribution < 1.29 is 22.6 Å². The summed E-state index contributed by atoms with van der Waals surface area (Å²) in [6.45, 7) is 1.38. The maximum Gasteiger partial charge on any atom is 0.573 e. The van der Waals surface area contributed by atoms with Crippen LogP contribution in [0.3, 0.4) is 0 Å². The molecule has 1 N–H and O–H groups in total. The van der Waals surface area contributed by atoms with Crippen molar-refractivity contribution in [1.82, 2.24) is 5.32 Å². The van der Waals surface area contributed by atoms with Gasteiger partial charge in [-0.3, -0.25) is 0 Å². The standard InChI is InChI=1S/C17H14Cl2F3NO2.ClH/c18-12-6-5-10(7-13(12)19)16(11-8-23-9-11)24-14-3-1-2-4-15(14)25-17(20,21)22;/h1-7,11,16,23H,8-9H2;1H. The molecule has 2 aromatic rings. The molecule has 1 unspecified atom stereocenters. The van der Waals surface area contributed by atoms with Gasteiger partial charge in [-0.05, 0) is 29.8 Å². The predicted molar refractivity (Wildman–Crippen MR) is 96.6 cm³/mol. The number of ether oxygens (including phenoxy) is 2. The summed E-state index contributed by atoms with van der Waals surface area (Å²) in [6.07, 6.45) is -5.27. The summed E-state index contributed by atoms with van der Waals surface area (Å²) in [5.74, 6) is -0.272. The minimum atomic E-state index is -4.80. The number of halogens is 6. The number of hydrogen-bond acceptors (Lipinski definition) is 3. The predicted octanol–water partition coefficient (Wildman–Crippen LogP) is 5.65. The molecule has 1 aliphatic heterocycles. The summed E-state index contributed by atoms with van der Waals surface area (Å²) in [5.41, 5.74) is 0.739. The van der Waals surface area contributed by atoms with E-state index in [2.05, 4.69) is 10.1 Å². The average Bonchev–Trinajstić information content (AvgIpc) is 2.48. The molecule has 3 rings (SSSR count). The minimum Gasteiger partial charge on any atom is -0.481 e. The Hall–Kier alpha value is -1.34. The van der Waals surface area contributed by atoms with Gasteiger partial charge in [-0.15, -0.1) is 25.6 Å². The van der Waals surface area contributed by atoms with Crippen molar-refractivity contribution in [2.24, 2.45) is 5.92 Å². The van der Waals surface area contributed by atoms with E-state index in [4.69, 9.17) is 27.9 Å². The van der Waals surface area contributed by atoms with Crippen LogP contribution >= 0.6 is 35.6 Å². The average molecular weight is 429 g/mol. The fraction of sp³-hybridized carbons (Fsp3) is 0.294. The topological polar surface area (TPSA) is 30.5 Å². The van der Waals surface area contributed by atoms with Crippen LogP contribution < -0.4 is 14.8 Å². The number of benzene rings is 2. The molecule has 1 saturated heterocycles. The van der Waals surface area contributed by atoms with E-state index in [9.17, 15) is 13.2 Å². The molecule has 26 heavy (non-hydrogen) atoms. The maximum atomic E-state index is 12.6. The van der Waals surface area contributed by atoms with Crippen molar-refractivity contribution in [3.8, 4) is 11.5 Å². The van der Waals surface area contributed by atoms with E-state index in [1.54, 1.807) is 24.3 Å². The molecule has 0 aliphatic carbocycles. The third-order valence-electron chi connectivity index (χ3n) is 3.84. The highest BCUT2D eigenvalue weighted by Crippen LogP contribution is 2.38. The second-order valence-electron chi connectivity index (χ2n) is 5.62. The first-order valence-corrected chi connectivity index (χ1v) is 8.26. The normalized spacial score (nSPS) is 15.6. The molecule has 0 spiro atoms. The van der Waals surface area contributed by atoms with Crippen LogP contribution in [-0.2, 0) is 0 Å². The Bertz CT molecular complexity index is 754. The largest absolute Gasteiger partial charge is 0.573 e. The first-order valence-electron chi connectivity index (χ1n) is 7.50. The molecule has 0 saturated carbocycles. The van der Waals surface area contributed by atoms with E-state index in [0.29, 0.717) is 23.1 Å². The van der Waals surface area contributed by atoms with Crippen LogP contribution in [0.4, 0.5) is 13.2 Å². The van der Waals surface area contributed by atoms with Gasteiger partial charge in [0.1, 0.15) is 6.10 Å². The Morgan fingerprint density at radius 3 is 2.19 bits per heavy atom. The number of para-hydroxylation sites is 2. The molecule has 3 nitrogen and oxygen atoms in total. The van der Waals surface area contributed by atoms with Crippen LogP contribution in [-0.4, -0.2) is 19.5 Å². The summed E-state index contributed by atoms with van der Waals surface area (Å²) in [4.78, 5) is 0. The Labute approximate surface area is 164 Å². The summed E-state index contributed by atoms with van der Waals surface area (Å²) in [7, 11) is 0. The van der Waals surface area contributed by atoms with Crippen molar-refractivity contribution in [3.05, 3.63) is 58.1 Å². The van der Waals surface area contributed by atoms with Gasteiger partial charge in [0.25, 0.3) is 0 Å². The highest BCUT2D eigenvalue weighted by atomic mass is 35.5.